The molecule has 2 heteroatoms. The van der Waals surface area contributed by atoms with Gasteiger partial charge in [-0.15, -0.1) is 0 Å². The number of unbranched alkanes of at least 4 members (excludes halogenated alkanes) is 11. The fraction of sp³-hybridized carbons (Fsp3) is 0.630. The highest BCUT2D eigenvalue weighted by molar-refractivity contribution is 5.85. The first-order chi connectivity index (χ1) is 13.6. The number of hydrogen-bond donors (Lipinski definition) is 0. The molecule has 1 nitrogen and oxygen atoms in total. The highest BCUT2D eigenvalue weighted by atomic mass is 35.5. The third-order valence-electron chi connectivity index (χ3n) is 6.10. The number of hydrogen-bond acceptors (Lipinski definition) is 0. The van der Waals surface area contributed by atoms with Gasteiger partial charge in [0.2, 0.25) is 0 Å². The van der Waals surface area contributed by atoms with Crippen LogP contribution in [0.25, 0.3) is 10.8 Å². The Labute approximate surface area is 186 Å². The molecule has 2 aromatic carbocycles. The number of fused-ring (bicyclic) bond motifs is 1. The fourth-order valence-electron chi connectivity index (χ4n) is 4.35. The second-order valence-corrected chi connectivity index (χ2v) is 9.34. The molecule has 29 heavy (non-hydrogen) atoms. The van der Waals surface area contributed by atoms with Crippen LogP contribution in [-0.2, 0) is 6.54 Å². The molecule has 0 unspecified atom stereocenters. The molecule has 0 atom stereocenters. The molecule has 2 aromatic rings. The lowest BCUT2D eigenvalue weighted by atomic mass is 10.0. The van der Waals surface area contributed by atoms with Crippen LogP contribution in [0.5, 0.6) is 0 Å². The average molecular weight is 418 g/mol. The van der Waals surface area contributed by atoms with Crippen LogP contribution in [0.4, 0.5) is 0 Å². The minimum absolute atomic E-state index is 0. The molecular formula is C27H44ClN. The molecule has 164 valence electrons. The van der Waals surface area contributed by atoms with E-state index in [1.165, 1.54) is 99.9 Å². The van der Waals surface area contributed by atoms with E-state index in [-0.39, 0.29) is 12.4 Å². The zero-order valence-electron chi connectivity index (χ0n) is 19.3. The number of halogens is 1. The normalized spacial score (nSPS) is 11.6. The van der Waals surface area contributed by atoms with Crippen molar-refractivity contribution in [2.75, 3.05) is 20.6 Å². The van der Waals surface area contributed by atoms with E-state index < -0.39 is 0 Å². The van der Waals surface area contributed by atoms with E-state index in [9.17, 15) is 0 Å². The molecule has 0 fully saturated rings. The lowest BCUT2D eigenvalue weighted by Gasteiger charge is -2.30. The zero-order chi connectivity index (χ0) is 20.1. The molecule has 2 rings (SSSR count). The lowest BCUT2D eigenvalue weighted by Crippen LogP contribution is -3.00. The molecule has 0 aliphatic carbocycles. The molecule has 0 amide bonds. The van der Waals surface area contributed by atoms with Gasteiger partial charge in [-0.1, -0.05) is 114 Å². The Morgan fingerprint density at radius 1 is 0.621 bits per heavy atom. The molecule has 0 saturated heterocycles. The number of benzene rings is 2. The van der Waals surface area contributed by atoms with Gasteiger partial charge in [-0.2, -0.15) is 0 Å². The summed E-state index contributed by atoms with van der Waals surface area (Å²) < 4.78 is 1.09. The van der Waals surface area contributed by atoms with Crippen molar-refractivity contribution in [1.82, 2.24) is 0 Å². The van der Waals surface area contributed by atoms with Crippen molar-refractivity contribution in [2.24, 2.45) is 0 Å². The van der Waals surface area contributed by atoms with Crippen LogP contribution in [0.2, 0.25) is 0 Å². The molecule has 0 bridgehead atoms. The van der Waals surface area contributed by atoms with Gasteiger partial charge in [-0.05, 0) is 23.6 Å². The van der Waals surface area contributed by atoms with Gasteiger partial charge in [0.25, 0.3) is 0 Å². The van der Waals surface area contributed by atoms with Crippen LogP contribution in [0, 0.1) is 0 Å². The van der Waals surface area contributed by atoms with Gasteiger partial charge in [0.15, 0.2) is 0 Å². The second-order valence-electron chi connectivity index (χ2n) is 9.34. The standard InChI is InChI=1S/C27H44N.ClH/c1-4-5-6-7-8-9-10-11-12-13-14-17-23-28(2,3)24-26-21-18-20-25-19-15-16-22-27(25)26;/h15-16,18-22H,4-14,17,23-24H2,1-3H3;1H/q+1;/p-1. The summed E-state index contributed by atoms with van der Waals surface area (Å²) in [7, 11) is 4.78. The van der Waals surface area contributed by atoms with E-state index in [2.05, 4.69) is 63.5 Å². The molecular weight excluding hydrogens is 374 g/mol. The third-order valence-corrected chi connectivity index (χ3v) is 6.10. The van der Waals surface area contributed by atoms with Gasteiger partial charge in [-0.3, -0.25) is 0 Å². The molecule has 0 spiro atoms. The Kier molecular flexibility index (Phi) is 13.3. The lowest BCUT2D eigenvalue weighted by molar-refractivity contribution is -0.903. The first kappa shape index (κ1) is 26.0. The van der Waals surface area contributed by atoms with Crippen molar-refractivity contribution in [3.05, 3.63) is 48.0 Å². The predicted molar refractivity (Wildman–Crippen MR) is 126 cm³/mol. The molecule has 0 N–H and O–H groups in total. The van der Waals surface area contributed by atoms with E-state index in [0.29, 0.717) is 0 Å². The maximum Gasteiger partial charge on any atom is 0.105 e. The van der Waals surface area contributed by atoms with E-state index >= 15 is 0 Å². The van der Waals surface area contributed by atoms with Crippen LogP contribution in [0.3, 0.4) is 0 Å². The summed E-state index contributed by atoms with van der Waals surface area (Å²) >= 11 is 0. The van der Waals surface area contributed by atoms with Crippen LogP contribution in [0.1, 0.15) is 89.5 Å². The minimum atomic E-state index is 0. The SMILES string of the molecule is CCCCCCCCCCCCCC[N+](C)(C)Cc1cccc2ccccc12.[Cl-]. The predicted octanol–water partition coefficient (Wildman–Crippen LogP) is 5.12. The van der Waals surface area contributed by atoms with Crippen LogP contribution in [0.15, 0.2) is 42.5 Å². The van der Waals surface area contributed by atoms with Crippen molar-refractivity contribution in [3.8, 4) is 0 Å². The van der Waals surface area contributed by atoms with Gasteiger partial charge >= 0.3 is 0 Å². The Morgan fingerprint density at radius 2 is 1.14 bits per heavy atom. The van der Waals surface area contributed by atoms with E-state index in [1.807, 2.05) is 0 Å². The molecule has 0 aliphatic rings. The molecule has 0 aliphatic heterocycles. The third kappa shape index (κ3) is 10.5. The summed E-state index contributed by atoms with van der Waals surface area (Å²) in [6, 6.07) is 15.5. The smallest absolute Gasteiger partial charge is 0.105 e. The van der Waals surface area contributed by atoms with Crippen molar-refractivity contribution in [1.29, 1.82) is 0 Å². The highest BCUT2D eigenvalue weighted by Crippen LogP contribution is 2.22. The molecule has 0 aromatic heterocycles. The fourth-order valence-corrected chi connectivity index (χ4v) is 4.35. The number of nitrogens with zero attached hydrogens (tertiary/aromatic N) is 1. The van der Waals surface area contributed by atoms with E-state index in [4.69, 9.17) is 0 Å². The van der Waals surface area contributed by atoms with Crippen molar-refractivity contribution >= 4 is 10.8 Å². The van der Waals surface area contributed by atoms with Crippen LogP contribution < -0.4 is 12.4 Å². The van der Waals surface area contributed by atoms with Crippen molar-refractivity contribution in [2.45, 2.75) is 90.5 Å². The highest BCUT2D eigenvalue weighted by Gasteiger charge is 2.16. The summed E-state index contributed by atoms with van der Waals surface area (Å²) in [5.74, 6) is 0. The molecule has 0 saturated carbocycles. The van der Waals surface area contributed by atoms with Crippen LogP contribution >= 0.6 is 0 Å². The average Bonchev–Trinajstić information content (AvgIpc) is 2.69. The Balaban J connectivity index is 0.00000420. The first-order valence-corrected chi connectivity index (χ1v) is 11.9. The van der Waals surface area contributed by atoms with Gasteiger partial charge in [0.05, 0.1) is 20.6 Å². The quantitative estimate of drug-likeness (QED) is 0.278. The summed E-state index contributed by atoms with van der Waals surface area (Å²) in [5.41, 5.74) is 1.49. The van der Waals surface area contributed by atoms with Gasteiger partial charge in [0, 0.05) is 5.56 Å². The van der Waals surface area contributed by atoms with Gasteiger partial charge in [0.1, 0.15) is 6.54 Å². The molecule has 0 radical (unpaired) electrons. The van der Waals surface area contributed by atoms with Gasteiger partial charge in [-0.25, -0.2) is 0 Å². The van der Waals surface area contributed by atoms with E-state index in [0.717, 1.165) is 11.0 Å². The minimum Gasteiger partial charge on any atom is -1.00 e. The number of rotatable bonds is 15. The summed E-state index contributed by atoms with van der Waals surface area (Å²) in [4.78, 5) is 0. The van der Waals surface area contributed by atoms with Crippen LogP contribution in [-0.4, -0.2) is 25.1 Å². The maximum atomic E-state index is 2.39. The van der Waals surface area contributed by atoms with Gasteiger partial charge < -0.3 is 16.9 Å². The second kappa shape index (κ2) is 14.9. The Bertz CT molecular complexity index is 659. The summed E-state index contributed by atoms with van der Waals surface area (Å²) in [6.45, 7) is 4.70. The Hall–Kier alpha value is -1.05. The first-order valence-electron chi connectivity index (χ1n) is 11.9. The van der Waals surface area contributed by atoms with Crippen molar-refractivity contribution < 1.29 is 16.9 Å². The number of quaternary nitrogens is 1. The van der Waals surface area contributed by atoms with Crippen molar-refractivity contribution in [3.63, 3.8) is 0 Å². The maximum absolute atomic E-state index is 2.39. The summed E-state index contributed by atoms with van der Waals surface area (Å²) in [5, 5.41) is 2.79. The Morgan fingerprint density at radius 3 is 1.76 bits per heavy atom. The summed E-state index contributed by atoms with van der Waals surface area (Å²) in [6.07, 6.45) is 17.1. The zero-order valence-corrected chi connectivity index (χ0v) is 20.0. The van der Waals surface area contributed by atoms with E-state index in [1.54, 1.807) is 0 Å². The molecule has 0 heterocycles. The topological polar surface area (TPSA) is 0 Å². The largest absolute Gasteiger partial charge is 1.00 e. The monoisotopic (exact) mass is 417 g/mol.